The third-order valence-electron chi connectivity index (χ3n) is 4.51. The van der Waals surface area contributed by atoms with E-state index < -0.39 is 10.0 Å². The minimum Gasteiger partial charge on any atom is -0.357 e. The molecule has 0 saturated carbocycles. The van der Waals surface area contributed by atoms with Crippen molar-refractivity contribution >= 4 is 16.0 Å². The van der Waals surface area contributed by atoms with E-state index in [1.807, 2.05) is 6.92 Å². The Morgan fingerprint density at radius 1 is 1.04 bits per heavy atom. The Balaban J connectivity index is 1.80. The zero-order valence-electron chi connectivity index (χ0n) is 16.5. The van der Waals surface area contributed by atoms with Gasteiger partial charge in [-0.15, -0.1) is 0 Å². The summed E-state index contributed by atoms with van der Waals surface area (Å²) in [5.41, 5.74) is 2.50. The van der Waals surface area contributed by atoms with E-state index in [1.165, 1.54) is 31.5 Å². The molecule has 1 aliphatic rings. The van der Waals surface area contributed by atoms with Gasteiger partial charge in [-0.1, -0.05) is 24.3 Å². The van der Waals surface area contributed by atoms with E-state index in [-0.39, 0.29) is 5.75 Å². The minimum atomic E-state index is -3.15. The monoisotopic (exact) mass is 395 g/mol. The molecule has 0 atom stereocenters. The zero-order chi connectivity index (χ0) is 19.5. The van der Waals surface area contributed by atoms with Crippen LogP contribution in [-0.4, -0.2) is 57.8 Å². The van der Waals surface area contributed by atoms with Crippen molar-refractivity contribution in [2.24, 2.45) is 4.99 Å². The highest BCUT2D eigenvalue weighted by molar-refractivity contribution is 7.89. The molecule has 1 heterocycles. The van der Waals surface area contributed by atoms with Crippen LogP contribution in [0.2, 0.25) is 0 Å². The third-order valence-corrected chi connectivity index (χ3v) is 5.92. The zero-order valence-corrected chi connectivity index (χ0v) is 17.3. The number of guanidine groups is 1. The molecule has 1 aromatic rings. The van der Waals surface area contributed by atoms with Crippen molar-refractivity contribution in [1.29, 1.82) is 0 Å². The molecule has 1 saturated heterocycles. The average molecular weight is 396 g/mol. The summed E-state index contributed by atoms with van der Waals surface area (Å²) < 4.78 is 25.4. The van der Waals surface area contributed by atoms with E-state index in [9.17, 15) is 8.42 Å². The van der Waals surface area contributed by atoms with Crippen LogP contribution < -0.4 is 15.4 Å². The number of hydrogen-bond donors (Lipinski definition) is 3. The van der Waals surface area contributed by atoms with E-state index in [1.54, 1.807) is 6.92 Å². The molecule has 1 fully saturated rings. The van der Waals surface area contributed by atoms with Crippen LogP contribution in [-0.2, 0) is 23.1 Å². The van der Waals surface area contributed by atoms with Gasteiger partial charge < -0.3 is 10.6 Å². The number of likely N-dealkylation sites (tertiary alicyclic amines) is 1. The van der Waals surface area contributed by atoms with Gasteiger partial charge >= 0.3 is 0 Å². The standard InChI is InChI=1S/C19H33N5O2S/c1-3-20-19(21-11-12-23-27(25,26)4-2)22-15-17-7-9-18(10-8-17)16-24-13-5-6-14-24/h7-10,23H,3-6,11-16H2,1-2H3,(H2,20,21,22). The highest BCUT2D eigenvalue weighted by Crippen LogP contribution is 2.13. The molecule has 0 aliphatic carbocycles. The van der Waals surface area contributed by atoms with Crippen molar-refractivity contribution in [3.8, 4) is 0 Å². The predicted octanol–water partition coefficient (Wildman–Crippen LogP) is 1.28. The van der Waals surface area contributed by atoms with Crippen molar-refractivity contribution in [2.45, 2.75) is 39.8 Å². The molecule has 1 aliphatic heterocycles. The van der Waals surface area contributed by atoms with Gasteiger partial charge in [-0.2, -0.15) is 0 Å². The van der Waals surface area contributed by atoms with Gasteiger partial charge in [-0.3, -0.25) is 4.90 Å². The largest absolute Gasteiger partial charge is 0.357 e. The molecule has 0 spiro atoms. The normalized spacial score (nSPS) is 15.9. The van der Waals surface area contributed by atoms with Crippen molar-refractivity contribution in [2.75, 3.05) is 38.5 Å². The third kappa shape index (κ3) is 8.28. The SMILES string of the molecule is CCNC(=NCc1ccc(CN2CCCC2)cc1)NCCNS(=O)(=O)CC. The van der Waals surface area contributed by atoms with Crippen LogP contribution in [0.4, 0.5) is 0 Å². The number of benzene rings is 1. The number of hydrogen-bond acceptors (Lipinski definition) is 4. The van der Waals surface area contributed by atoms with Crippen LogP contribution in [0.25, 0.3) is 0 Å². The summed E-state index contributed by atoms with van der Waals surface area (Å²) >= 11 is 0. The highest BCUT2D eigenvalue weighted by Gasteiger charge is 2.11. The molecule has 8 heteroatoms. The summed E-state index contributed by atoms with van der Waals surface area (Å²) in [4.78, 5) is 7.07. The van der Waals surface area contributed by atoms with Crippen LogP contribution in [0, 0.1) is 0 Å². The Morgan fingerprint density at radius 3 is 2.33 bits per heavy atom. The number of aliphatic imine (C=N–C) groups is 1. The maximum absolute atomic E-state index is 11.4. The van der Waals surface area contributed by atoms with Crippen LogP contribution in [0.1, 0.15) is 37.8 Å². The molecular weight excluding hydrogens is 362 g/mol. The van der Waals surface area contributed by atoms with Crippen LogP contribution in [0.3, 0.4) is 0 Å². The molecular formula is C19H33N5O2S. The second-order valence-corrected chi connectivity index (χ2v) is 8.81. The smallest absolute Gasteiger partial charge is 0.211 e. The maximum Gasteiger partial charge on any atom is 0.211 e. The summed E-state index contributed by atoms with van der Waals surface area (Å²) in [5, 5.41) is 6.33. The topological polar surface area (TPSA) is 85.8 Å². The van der Waals surface area contributed by atoms with E-state index in [4.69, 9.17) is 0 Å². The number of nitrogens with one attached hydrogen (secondary N) is 3. The Morgan fingerprint density at radius 2 is 1.70 bits per heavy atom. The Bertz CT molecular complexity index is 683. The van der Waals surface area contributed by atoms with E-state index >= 15 is 0 Å². The first-order chi connectivity index (χ1) is 13.0. The summed E-state index contributed by atoms with van der Waals surface area (Å²) in [6.45, 7) is 9.23. The van der Waals surface area contributed by atoms with Gasteiger partial charge in [-0.05, 0) is 50.9 Å². The Kier molecular flexibility index (Phi) is 9.03. The van der Waals surface area contributed by atoms with Crippen LogP contribution in [0.5, 0.6) is 0 Å². The van der Waals surface area contributed by atoms with Gasteiger partial charge in [0, 0.05) is 26.2 Å². The molecule has 3 N–H and O–H groups in total. The molecule has 0 unspecified atom stereocenters. The maximum atomic E-state index is 11.4. The fraction of sp³-hybridized carbons (Fsp3) is 0.632. The van der Waals surface area contributed by atoms with Gasteiger partial charge in [0.2, 0.25) is 10.0 Å². The molecule has 0 radical (unpaired) electrons. The lowest BCUT2D eigenvalue weighted by Crippen LogP contribution is -2.41. The molecule has 1 aromatic carbocycles. The molecule has 152 valence electrons. The van der Waals surface area contributed by atoms with Crippen molar-refractivity contribution < 1.29 is 8.42 Å². The Labute approximate surface area is 163 Å². The van der Waals surface area contributed by atoms with Gasteiger partial charge in [0.05, 0.1) is 12.3 Å². The number of nitrogens with zero attached hydrogens (tertiary/aromatic N) is 2. The van der Waals surface area contributed by atoms with Gasteiger partial charge in [-0.25, -0.2) is 18.1 Å². The highest BCUT2D eigenvalue weighted by atomic mass is 32.2. The fourth-order valence-corrected chi connectivity index (χ4v) is 3.57. The second-order valence-electron chi connectivity index (χ2n) is 6.72. The lowest BCUT2D eigenvalue weighted by molar-refractivity contribution is 0.331. The van der Waals surface area contributed by atoms with Gasteiger partial charge in [0.25, 0.3) is 0 Å². The first kappa shape index (κ1) is 21.7. The minimum absolute atomic E-state index is 0.0922. The molecule has 2 rings (SSSR count). The summed E-state index contributed by atoms with van der Waals surface area (Å²) in [6, 6.07) is 8.63. The van der Waals surface area contributed by atoms with Crippen LogP contribution in [0.15, 0.2) is 29.3 Å². The molecule has 0 bridgehead atoms. The Hall–Kier alpha value is -1.64. The molecule has 7 nitrogen and oxygen atoms in total. The lowest BCUT2D eigenvalue weighted by atomic mass is 10.1. The van der Waals surface area contributed by atoms with Crippen molar-refractivity contribution in [3.05, 3.63) is 35.4 Å². The van der Waals surface area contributed by atoms with Gasteiger partial charge in [0.1, 0.15) is 0 Å². The van der Waals surface area contributed by atoms with Crippen molar-refractivity contribution in [3.63, 3.8) is 0 Å². The number of rotatable bonds is 10. The first-order valence-electron chi connectivity index (χ1n) is 9.82. The summed E-state index contributed by atoms with van der Waals surface area (Å²) in [5.74, 6) is 0.781. The summed E-state index contributed by atoms with van der Waals surface area (Å²) in [6.07, 6.45) is 2.62. The predicted molar refractivity (Wildman–Crippen MR) is 111 cm³/mol. The quantitative estimate of drug-likeness (QED) is 0.316. The molecule has 27 heavy (non-hydrogen) atoms. The average Bonchev–Trinajstić information content (AvgIpc) is 3.17. The van der Waals surface area contributed by atoms with E-state index in [0.717, 1.165) is 18.7 Å². The molecule has 0 amide bonds. The lowest BCUT2D eigenvalue weighted by Gasteiger charge is -2.14. The van der Waals surface area contributed by atoms with E-state index in [0.29, 0.717) is 25.6 Å². The van der Waals surface area contributed by atoms with Crippen molar-refractivity contribution in [1.82, 2.24) is 20.3 Å². The van der Waals surface area contributed by atoms with Gasteiger partial charge in [0.15, 0.2) is 5.96 Å². The first-order valence-corrected chi connectivity index (χ1v) is 11.5. The fourth-order valence-electron chi connectivity index (χ4n) is 2.95. The molecule has 0 aromatic heterocycles. The number of sulfonamides is 1. The van der Waals surface area contributed by atoms with E-state index in [2.05, 4.69) is 49.5 Å². The summed E-state index contributed by atoms with van der Waals surface area (Å²) in [7, 11) is -3.15. The second kappa shape index (κ2) is 11.3. The van der Waals surface area contributed by atoms with Crippen LogP contribution >= 0.6 is 0 Å².